The van der Waals surface area contributed by atoms with Crippen LogP contribution in [0.25, 0.3) is 12.2 Å². The summed E-state index contributed by atoms with van der Waals surface area (Å²) >= 11 is 0. The van der Waals surface area contributed by atoms with Gasteiger partial charge in [-0.25, -0.2) is 4.39 Å². The van der Waals surface area contributed by atoms with Crippen LogP contribution in [0.5, 0.6) is 11.5 Å². The van der Waals surface area contributed by atoms with Crippen molar-refractivity contribution >= 4 is 17.9 Å². The van der Waals surface area contributed by atoms with Gasteiger partial charge in [-0.1, -0.05) is 133 Å². The van der Waals surface area contributed by atoms with Crippen molar-refractivity contribution in [3.8, 4) is 11.5 Å². The SMILES string of the molecule is C=Cc1ccc(OCCCCCCCCCCCCCCCCCCOc2ccc(/C=C/C(=O)c3ccc(F)cc3)cc2)cc1. The first-order chi connectivity index (χ1) is 22.1. The lowest BCUT2D eigenvalue weighted by atomic mass is 10.0. The number of halogens is 1. The quantitative estimate of drug-likeness (QED) is 0.0542. The second kappa shape index (κ2) is 22.8. The predicted octanol–water partition coefficient (Wildman–Crippen LogP) is 12.1. The van der Waals surface area contributed by atoms with Crippen LogP contribution in [0.2, 0.25) is 0 Å². The minimum atomic E-state index is -0.346. The topological polar surface area (TPSA) is 35.5 Å². The molecule has 0 aliphatic carbocycles. The second-order valence-electron chi connectivity index (χ2n) is 11.9. The Hall–Kier alpha value is -3.66. The molecular formula is C41H53FO3. The molecule has 0 heterocycles. The van der Waals surface area contributed by atoms with E-state index in [9.17, 15) is 9.18 Å². The molecule has 0 amide bonds. The van der Waals surface area contributed by atoms with Crippen LogP contribution in [0, 0.1) is 5.82 Å². The molecular weight excluding hydrogens is 559 g/mol. The molecule has 0 aromatic heterocycles. The van der Waals surface area contributed by atoms with Crippen LogP contribution in [0.1, 0.15) is 124 Å². The minimum Gasteiger partial charge on any atom is -0.494 e. The number of hydrogen-bond acceptors (Lipinski definition) is 3. The van der Waals surface area contributed by atoms with E-state index in [0.717, 1.165) is 48.7 Å². The maximum Gasteiger partial charge on any atom is 0.185 e. The van der Waals surface area contributed by atoms with Crippen molar-refractivity contribution in [1.82, 2.24) is 0 Å². The Morgan fingerprint density at radius 3 is 1.31 bits per heavy atom. The Morgan fingerprint density at radius 1 is 0.533 bits per heavy atom. The maximum atomic E-state index is 13.0. The van der Waals surface area contributed by atoms with Crippen LogP contribution in [-0.4, -0.2) is 19.0 Å². The van der Waals surface area contributed by atoms with Crippen molar-refractivity contribution in [1.29, 1.82) is 0 Å². The number of ketones is 1. The molecule has 0 spiro atoms. The van der Waals surface area contributed by atoms with Crippen molar-refractivity contribution in [2.75, 3.05) is 13.2 Å². The van der Waals surface area contributed by atoms with Crippen molar-refractivity contribution in [2.45, 2.75) is 103 Å². The molecule has 3 rings (SSSR count). The zero-order valence-electron chi connectivity index (χ0n) is 27.2. The van der Waals surface area contributed by atoms with E-state index >= 15 is 0 Å². The third-order valence-corrected chi connectivity index (χ3v) is 8.13. The van der Waals surface area contributed by atoms with Crippen molar-refractivity contribution in [2.24, 2.45) is 0 Å². The van der Waals surface area contributed by atoms with Crippen LogP contribution in [0.3, 0.4) is 0 Å². The summed E-state index contributed by atoms with van der Waals surface area (Å²) in [5.41, 5.74) is 2.53. The number of carbonyl (C=O) groups excluding carboxylic acids is 1. The van der Waals surface area contributed by atoms with Gasteiger partial charge >= 0.3 is 0 Å². The molecule has 0 saturated carbocycles. The van der Waals surface area contributed by atoms with Gasteiger partial charge in [0, 0.05) is 5.56 Å². The lowest BCUT2D eigenvalue weighted by molar-refractivity contribution is 0.104. The first-order valence-corrected chi connectivity index (χ1v) is 17.2. The Bertz CT molecular complexity index is 1230. The highest BCUT2D eigenvalue weighted by Gasteiger charge is 2.02. The monoisotopic (exact) mass is 612 g/mol. The number of rotatable bonds is 25. The molecule has 3 aromatic rings. The minimum absolute atomic E-state index is 0.145. The van der Waals surface area contributed by atoms with E-state index in [1.807, 2.05) is 54.6 Å². The molecule has 3 aromatic carbocycles. The summed E-state index contributed by atoms with van der Waals surface area (Å²) in [4.78, 5) is 12.2. The third-order valence-electron chi connectivity index (χ3n) is 8.13. The molecule has 0 atom stereocenters. The summed E-state index contributed by atoms with van der Waals surface area (Å²) in [6, 6.07) is 21.5. The van der Waals surface area contributed by atoms with Gasteiger partial charge in [0.2, 0.25) is 0 Å². The van der Waals surface area contributed by atoms with Gasteiger partial charge in [-0.3, -0.25) is 4.79 Å². The van der Waals surface area contributed by atoms with E-state index in [1.165, 1.54) is 120 Å². The lowest BCUT2D eigenvalue weighted by Gasteiger charge is -2.07. The summed E-state index contributed by atoms with van der Waals surface area (Å²) in [6.45, 7) is 5.33. The van der Waals surface area contributed by atoms with Gasteiger partial charge in [0.05, 0.1) is 13.2 Å². The molecule has 0 aliphatic rings. The molecule has 45 heavy (non-hydrogen) atoms. The second-order valence-corrected chi connectivity index (χ2v) is 11.9. The van der Waals surface area contributed by atoms with E-state index in [1.54, 1.807) is 6.08 Å². The van der Waals surface area contributed by atoms with Gasteiger partial charge in [-0.05, 0) is 78.6 Å². The standard InChI is InChI=1S/C41H53FO3/c1-2-35-19-28-39(29-20-35)44-33-17-15-13-11-9-7-5-3-4-6-8-10-12-14-16-18-34-45-40-30-21-36(22-31-40)23-32-41(43)37-24-26-38(42)27-25-37/h2,19-32H,1,3-18,33-34H2/b32-23+. The van der Waals surface area contributed by atoms with Gasteiger partial charge in [-0.2, -0.15) is 0 Å². The number of benzene rings is 3. The van der Waals surface area contributed by atoms with Gasteiger partial charge in [0.1, 0.15) is 17.3 Å². The van der Waals surface area contributed by atoms with Crippen LogP contribution >= 0.6 is 0 Å². The van der Waals surface area contributed by atoms with Gasteiger partial charge < -0.3 is 9.47 Å². The third kappa shape index (κ3) is 16.3. The van der Waals surface area contributed by atoms with Gasteiger partial charge in [0.15, 0.2) is 5.78 Å². The van der Waals surface area contributed by atoms with E-state index in [4.69, 9.17) is 9.47 Å². The average molecular weight is 613 g/mol. The highest BCUT2D eigenvalue weighted by molar-refractivity contribution is 6.06. The molecule has 0 fully saturated rings. The van der Waals surface area contributed by atoms with E-state index in [-0.39, 0.29) is 11.6 Å². The normalized spacial score (nSPS) is 11.1. The fourth-order valence-corrected chi connectivity index (χ4v) is 5.32. The lowest BCUT2D eigenvalue weighted by Crippen LogP contribution is -1.97. The highest BCUT2D eigenvalue weighted by Crippen LogP contribution is 2.17. The molecule has 242 valence electrons. The van der Waals surface area contributed by atoms with Crippen LogP contribution < -0.4 is 9.47 Å². The molecule has 0 radical (unpaired) electrons. The summed E-state index contributed by atoms with van der Waals surface area (Å²) in [5.74, 6) is 1.31. The fourth-order valence-electron chi connectivity index (χ4n) is 5.32. The van der Waals surface area contributed by atoms with Crippen molar-refractivity contribution < 1.29 is 18.7 Å². The Morgan fingerprint density at radius 2 is 0.911 bits per heavy atom. The maximum absolute atomic E-state index is 13.0. The van der Waals surface area contributed by atoms with Gasteiger partial charge in [-0.15, -0.1) is 0 Å². The summed E-state index contributed by atoms with van der Waals surface area (Å²) < 4.78 is 24.7. The van der Waals surface area contributed by atoms with Gasteiger partial charge in [0.25, 0.3) is 0 Å². The molecule has 3 nitrogen and oxygen atoms in total. The zero-order chi connectivity index (χ0) is 31.8. The molecule has 4 heteroatoms. The Labute approximate surface area is 271 Å². The summed E-state index contributed by atoms with van der Waals surface area (Å²) in [7, 11) is 0. The Kier molecular flexibility index (Phi) is 18.1. The predicted molar refractivity (Wildman–Crippen MR) is 188 cm³/mol. The number of unbranched alkanes of at least 4 members (excludes halogenated alkanes) is 15. The summed E-state index contributed by atoms with van der Waals surface area (Å²) in [5, 5.41) is 0. The fraction of sp³-hybridized carbons (Fsp3) is 0.439. The van der Waals surface area contributed by atoms with Crippen molar-refractivity contribution in [3.05, 3.63) is 108 Å². The molecule has 0 bridgehead atoms. The number of hydrogen-bond donors (Lipinski definition) is 0. The summed E-state index contributed by atoms with van der Waals surface area (Å²) in [6.07, 6.45) is 26.1. The van der Waals surface area contributed by atoms with Crippen molar-refractivity contribution in [3.63, 3.8) is 0 Å². The first-order valence-electron chi connectivity index (χ1n) is 17.2. The van der Waals surface area contributed by atoms with Crippen LogP contribution in [0.4, 0.5) is 4.39 Å². The molecule has 0 N–H and O–H groups in total. The van der Waals surface area contributed by atoms with E-state index in [0.29, 0.717) is 5.56 Å². The number of allylic oxidation sites excluding steroid dienone is 1. The first kappa shape index (κ1) is 35.8. The molecule has 0 aliphatic heterocycles. The number of carbonyl (C=O) groups is 1. The molecule has 0 saturated heterocycles. The number of ether oxygens (including phenoxy) is 2. The van der Waals surface area contributed by atoms with E-state index < -0.39 is 0 Å². The average Bonchev–Trinajstić information content (AvgIpc) is 3.07. The zero-order valence-corrected chi connectivity index (χ0v) is 27.2. The smallest absolute Gasteiger partial charge is 0.185 e. The molecule has 0 unspecified atom stereocenters. The van der Waals surface area contributed by atoms with Crippen LogP contribution in [-0.2, 0) is 0 Å². The Balaban J connectivity index is 1.04. The highest BCUT2D eigenvalue weighted by atomic mass is 19.1. The largest absolute Gasteiger partial charge is 0.494 e. The van der Waals surface area contributed by atoms with Crippen LogP contribution in [0.15, 0.2) is 85.5 Å². The van der Waals surface area contributed by atoms with E-state index in [2.05, 4.69) is 6.58 Å².